The first-order chi connectivity index (χ1) is 10.8. The molecular weight excluding hydrogens is 296 g/mol. The number of amides is 3. The predicted molar refractivity (Wildman–Crippen MR) is 88.0 cm³/mol. The lowest BCUT2D eigenvalue weighted by Gasteiger charge is -2.35. The van der Waals surface area contributed by atoms with E-state index in [4.69, 9.17) is 4.74 Å². The predicted octanol–water partition coefficient (Wildman–Crippen LogP) is 2.28. The van der Waals surface area contributed by atoms with Crippen LogP contribution in [0.1, 0.15) is 20.8 Å². The monoisotopic (exact) mass is 320 g/mol. The summed E-state index contributed by atoms with van der Waals surface area (Å²) in [5.41, 5.74) is 3.02. The average Bonchev–Trinajstić information content (AvgIpc) is 2.47. The Morgan fingerprint density at radius 2 is 1.65 bits per heavy atom. The number of carbonyl (C=O) groups is 2. The van der Waals surface area contributed by atoms with Gasteiger partial charge >= 0.3 is 12.1 Å². The molecule has 0 radical (unpaired) electrons. The average molecular weight is 320 g/mol. The van der Waals surface area contributed by atoms with Gasteiger partial charge in [0.25, 0.3) is 0 Å². The summed E-state index contributed by atoms with van der Waals surface area (Å²) >= 11 is 0. The first kappa shape index (κ1) is 17.1. The largest absolute Gasteiger partial charge is 0.444 e. The van der Waals surface area contributed by atoms with Crippen molar-refractivity contribution in [2.45, 2.75) is 26.4 Å². The van der Waals surface area contributed by atoms with E-state index in [1.165, 1.54) is 0 Å². The van der Waals surface area contributed by atoms with Crippen LogP contribution in [-0.4, -0.2) is 53.8 Å². The Kier molecular flexibility index (Phi) is 5.44. The minimum absolute atomic E-state index is 0.290. The number of hydrogen-bond donors (Lipinski definition) is 2. The highest BCUT2D eigenvalue weighted by molar-refractivity contribution is 5.88. The number of urea groups is 1. The van der Waals surface area contributed by atoms with E-state index in [-0.39, 0.29) is 12.1 Å². The third kappa shape index (κ3) is 5.78. The van der Waals surface area contributed by atoms with E-state index in [9.17, 15) is 9.59 Å². The molecule has 7 heteroatoms. The molecule has 2 N–H and O–H groups in total. The maximum Gasteiger partial charge on any atom is 0.410 e. The van der Waals surface area contributed by atoms with Gasteiger partial charge in [0, 0.05) is 31.9 Å². The molecule has 0 atom stereocenters. The molecule has 1 aromatic rings. The fourth-order valence-corrected chi connectivity index (χ4v) is 2.15. The van der Waals surface area contributed by atoms with Gasteiger partial charge in [-0.25, -0.2) is 14.6 Å². The molecule has 3 amide bonds. The van der Waals surface area contributed by atoms with E-state index in [2.05, 4.69) is 10.7 Å². The third-order valence-electron chi connectivity index (χ3n) is 3.22. The zero-order valence-corrected chi connectivity index (χ0v) is 13.8. The Balaban J connectivity index is 1.74. The summed E-state index contributed by atoms with van der Waals surface area (Å²) in [5.74, 6) is 0. The van der Waals surface area contributed by atoms with E-state index in [0.29, 0.717) is 26.2 Å². The highest BCUT2D eigenvalue weighted by atomic mass is 16.6. The highest BCUT2D eigenvalue weighted by Gasteiger charge is 2.26. The lowest BCUT2D eigenvalue weighted by Crippen LogP contribution is -2.56. The van der Waals surface area contributed by atoms with Gasteiger partial charge in [0.2, 0.25) is 0 Å². The molecule has 1 saturated heterocycles. The number of anilines is 1. The molecule has 7 nitrogen and oxygen atoms in total. The van der Waals surface area contributed by atoms with Gasteiger partial charge in [0.05, 0.1) is 0 Å². The first-order valence-electron chi connectivity index (χ1n) is 7.69. The van der Waals surface area contributed by atoms with Gasteiger partial charge in [-0.3, -0.25) is 5.43 Å². The van der Waals surface area contributed by atoms with Crippen LogP contribution in [0.4, 0.5) is 15.3 Å². The van der Waals surface area contributed by atoms with Crippen LogP contribution in [0.15, 0.2) is 30.3 Å². The zero-order valence-electron chi connectivity index (χ0n) is 13.8. The second-order valence-electron chi connectivity index (χ2n) is 6.39. The number of benzene rings is 1. The summed E-state index contributed by atoms with van der Waals surface area (Å²) in [4.78, 5) is 25.5. The topological polar surface area (TPSA) is 73.9 Å². The minimum Gasteiger partial charge on any atom is -0.444 e. The maximum absolute atomic E-state index is 12.0. The van der Waals surface area contributed by atoms with Gasteiger partial charge in [-0.1, -0.05) is 18.2 Å². The molecule has 23 heavy (non-hydrogen) atoms. The molecule has 1 heterocycles. The lowest BCUT2D eigenvalue weighted by atomic mass is 10.2. The van der Waals surface area contributed by atoms with Crippen LogP contribution in [0.25, 0.3) is 0 Å². The molecule has 0 aromatic heterocycles. The summed E-state index contributed by atoms with van der Waals surface area (Å²) < 4.78 is 5.34. The van der Waals surface area contributed by atoms with Crippen molar-refractivity contribution in [2.75, 3.05) is 31.5 Å². The second kappa shape index (κ2) is 7.32. The van der Waals surface area contributed by atoms with E-state index < -0.39 is 5.60 Å². The van der Waals surface area contributed by atoms with Crippen LogP contribution in [0.3, 0.4) is 0 Å². The smallest absolute Gasteiger partial charge is 0.410 e. The number of hydrazine groups is 1. The molecular formula is C16H24N4O3. The van der Waals surface area contributed by atoms with Gasteiger partial charge in [0.15, 0.2) is 0 Å². The molecule has 0 aliphatic carbocycles. The van der Waals surface area contributed by atoms with E-state index in [1.807, 2.05) is 51.1 Å². The second-order valence-corrected chi connectivity index (χ2v) is 6.39. The Morgan fingerprint density at radius 3 is 2.22 bits per heavy atom. The third-order valence-corrected chi connectivity index (χ3v) is 3.22. The number of rotatable bonds is 2. The Hall–Kier alpha value is -2.28. The fourth-order valence-electron chi connectivity index (χ4n) is 2.15. The van der Waals surface area contributed by atoms with E-state index in [1.54, 1.807) is 9.91 Å². The van der Waals surface area contributed by atoms with Gasteiger partial charge in [0.1, 0.15) is 5.60 Å². The fraction of sp³-hybridized carbons (Fsp3) is 0.500. The number of piperazine rings is 1. The Labute approximate surface area is 136 Å². The molecule has 1 aromatic carbocycles. The number of carbonyl (C=O) groups excluding carboxylic acids is 2. The zero-order chi connectivity index (χ0) is 16.9. The number of nitrogens with one attached hydrogen (secondary N) is 2. The minimum atomic E-state index is -0.498. The summed E-state index contributed by atoms with van der Waals surface area (Å²) in [6.45, 7) is 7.67. The van der Waals surface area contributed by atoms with Gasteiger partial charge in [-0.15, -0.1) is 0 Å². The van der Waals surface area contributed by atoms with Crippen LogP contribution in [0.5, 0.6) is 0 Å². The Bertz CT molecular complexity index is 534. The Morgan fingerprint density at radius 1 is 1.04 bits per heavy atom. The van der Waals surface area contributed by atoms with E-state index >= 15 is 0 Å². The van der Waals surface area contributed by atoms with Crippen LogP contribution in [0, 0.1) is 0 Å². The van der Waals surface area contributed by atoms with Gasteiger partial charge in [-0.2, -0.15) is 0 Å². The standard InChI is InChI=1S/C16H24N4O3/c1-16(2,3)23-15(22)19-9-11-20(12-10-19)18-14(21)17-13-7-5-4-6-8-13/h4-8H,9-12H2,1-3H3,(H2,17,18,21). The summed E-state index contributed by atoms with van der Waals surface area (Å²) in [6, 6.07) is 8.95. The number of nitrogens with zero attached hydrogens (tertiary/aromatic N) is 2. The highest BCUT2D eigenvalue weighted by Crippen LogP contribution is 2.11. The van der Waals surface area contributed by atoms with Crippen LogP contribution in [-0.2, 0) is 4.74 Å². The number of ether oxygens (including phenoxy) is 1. The molecule has 0 spiro atoms. The summed E-state index contributed by atoms with van der Waals surface area (Å²) in [5, 5.41) is 4.55. The number of hydrogen-bond acceptors (Lipinski definition) is 4. The van der Waals surface area contributed by atoms with Crippen molar-refractivity contribution in [1.29, 1.82) is 0 Å². The van der Waals surface area contributed by atoms with Crippen molar-refractivity contribution in [3.05, 3.63) is 30.3 Å². The van der Waals surface area contributed by atoms with Crippen molar-refractivity contribution in [3.8, 4) is 0 Å². The van der Waals surface area contributed by atoms with Crippen molar-refractivity contribution < 1.29 is 14.3 Å². The van der Waals surface area contributed by atoms with Crippen molar-refractivity contribution >= 4 is 17.8 Å². The van der Waals surface area contributed by atoms with Crippen molar-refractivity contribution in [1.82, 2.24) is 15.3 Å². The van der Waals surface area contributed by atoms with Crippen molar-refractivity contribution in [2.24, 2.45) is 0 Å². The molecule has 1 aliphatic rings. The van der Waals surface area contributed by atoms with Crippen molar-refractivity contribution in [3.63, 3.8) is 0 Å². The molecule has 1 fully saturated rings. The van der Waals surface area contributed by atoms with Gasteiger partial charge < -0.3 is 15.0 Å². The normalized spacial score (nSPS) is 15.9. The van der Waals surface area contributed by atoms with Crippen LogP contribution in [0.2, 0.25) is 0 Å². The maximum atomic E-state index is 12.0. The van der Waals surface area contributed by atoms with Gasteiger partial charge in [-0.05, 0) is 32.9 Å². The van der Waals surface area contributed by atoms with Crippen LogP contribution < -0.4 is 10.7 Å². The molecule has 0 unspecified atom stereocenters. The van der Waals surface area contributed by atoms with Crippen LogP contribution >= 0.6 is 0 Å². The first-order valence-corrected chi connectivity index (χ1v) is 7.69. The molecule has 1 aliphatic heterocycles. The molecule has 126 valence electrons. The quantitative estimate of drug-likeness (QED) is 0.877. The lowest BCUT2D eigenvalue weighted by molar-refractivity contribution is 0.0114. The number of para-hydroxylation sites is 1. The molecule has 0 bridgehead atoms. The SMILES string of the molecule is CC(C)(C)OC(=O)N1CCN(NC(=O)Nc2ccccc2)CC1. The molecule has 2 rings (SSSR count). The van der Waals surface area contributed by atoms with E-state index in [0.717, 1.165) is 5.69 Å². The summed E-state index contributed by atoms with van der Waals surface area (Å²) in [7, 11) is 0. The summed E-state index contributed by atoms with van der Waals surface area (Å²) in [6.07, 6.45) is -0.314. The molecule has 0 saturated carbocycles.